The van der Waals surface area contributed by atoms with Crippen LogP contribution in [0.3, 0.4) is 0 Å². The molecule has 17 heavy (non-hydrogen) atoms. The molecule has 0 radical (unpaired) electrons. The van der Waals surface area contributed by atoms with Crippen molar-refractivity contribution in [1.29, 1.82) is 0 Å². The predicted molar refractivity (Wildman–Crippen MR) is 64.7 cm³/mol. The molecule has 0 bridgehead atoms. The first kappa shape index (κ1) is 14.0. The van der Waals surface area contributed by atoms with Crippen LogP contribution in [0.4, 0.5) is 0 Å². The van der Waals surface area contributed by atoms with E-state index in [1.165, 1.54) is 0 Å². The van der Waals surface area contributed by atoms with Gasteiger partial charge in [0.05, 0.1) is 0 Å². The lowest BCUT2D eigenvalue weighted by Gasteiger charge is -2.29. The van der Waals surface area contributed by atoms with Crippen molar-refractivity contribution >= 4 is 11.9 Å². The predicted octanol–water partition coefficient (Wildman–Crippen LogP) is 0.698. The van der Waals surface area contributed by atoms with Crippen molar-refractivity contribution in [3.63, 3.8) is 0 Å². The third-order valence-electron chi connectivity index (χ3n) is 3.24. The highest BCUT2D eigenvalue weighted by atomic mass is 16.4. The van der Waals surface area contributed by atoms with E-state index in [9.17, 15) is 9.59 Å². The van der Waals surface area contributed by atoms with E-state index in [0.717, 1.165) is 25.9 Å². The average molecular weight is 242 g/mol. The van der Waals surface area contributed by atoms with Crippen molar-refractivity contribution in [1.82, 2.24) is 10.2 Å². The van der Waals surface area contributed by atoms with Gasteiger partial charge in [-0.25, -0.2) is 4.79 Å². The Morgan fingerprint density at radius 2 is 2.24 bits per heavy atom. The largest absolute Gasteiger partial charge is 0.480 e. The first-order valence-corrected chi connectivity index (χ1v) is 6.23. The van der Waals surface area contributed by atoms with Crippen molar-refractivity contribution in [2.24, 2.45) is 5.92 Å². The molecule has 0 saturated carbocycles. The van der Waals surface area contributed by atoms with Gasteiger partial charge >= 0.3 is 5.97 Å². The summed E-state index contributed by atoms with van der Waals surface area (Å²) in [6, 6.07) is -0.746. The highest BCUT2D eigenvalue weighted by Crippen LogP contribution is 2.18. The zero-order valence-corrected chi connectivity index (χ0v) is 10.6. The van der Waals surface area contributed by atoms with E-state index in [0.29, 0.717) is 18.8 Å². The minimum atomic E-state index is -0.957. The van der Waals surface area contributed by atoms with E-state index >= 15 is 0 Å². The Morgan fingerprint density at radius 1 is 1.53 bits per heavy atom. The van der Waals surface area contributed by atoms with E-state index in [1.807, 2.05) is 0 Å². The monoisotopic (exact) mass is 242 g/mol. The zero-order chi connectivity index (χ0) is 12.8. The second-order valence-electron chi connectivity index (χ2n) is 4.84. The fourth-order valence-corrected chi connectivity index (χ4v) is 2.29. The molecule has 1 aliphatic rings. The SMILES string of the molecule is CCC(NC(=O)CC1CCCN(C)C1)C(=O)O. The molecule has 1 heterocycles. The van der Waals surface area contributed by atoms with Crippen LogP contribution >= 0.6 is 0 Å². The average Bonchev–Trinajstić information content (AvgIpc) is 2.25. The lowest BCUT2D eigenvalue weighted by molar-refractivity contribution is -0.142. The smallest absolute Gasteiger partial charge is 0.326 e. The molecule has 1 fully saturated rings. The van der Waals surface area contributed by atoms with E-state index in [-0.39, 0.29) is 5.91 Å². The van der Waals surface area contributed by atoms with Gasteiger partial charge in [0.1, 0.15) is 6.04 Å². The van der Waals surface area contributed by atoms with Crippen LogP contribution in [-0.2, 0) is 9.59 Å². The Morgan fingerprint density at radius 3 is 2.76 bits per heavy atom. The van der Waals surface area contributed by atoms with Crippen molar-refractivity contribution in [3.8, 4) is 0 Å². The van der Waals surface area contributed by atoms with E-state index < -0.39 is 12.0 Å². The Balaban J connectivity index is 2.35. The van der Waals surface area contributed by atoms with Crippen LogP contribution < -0.4 is 5.32 Å². The number of hydrogen-bond donors (Lipinski definition) is 2. The minimum Gasteiger partial charge on any atom is -0.480 e. The highest BCUT2D eigenvalue weighted by molar-refractivity contribution is 5.83. The Bertz CT molecular complexity index is 281. The summed E-state index contributed by atoms with van der Waals surface area (Å²) in [5, 5.41) is 11.4. The number of piperidine rings is 1. The number of carboxylic acids is 1. The molecule has 2 N–H and O–H groups in total. The van der Waals surface area contributed by atoms with Crippen molar-refractivity contribution in [2.75, 3.05) is 20.1 Å². The number of carboxylic acid groups (broad SMARTS) is 1. The van der Waals surface area contributed by atoms with E-state index in [1.54, 1.807) is 6.92 Å². The summed E-state index contributed by atoms with van der Waals surface area (Å²) in [4.78, 5) is 24.7. The quantitative estimate of drug-likeness (QED) is 0.744. The standard InChI is InChI=1S/C12H22N2O3/c1-3-10(12(16)17)13-11(15)7-9-5-4-6-14(2)8-9/h9-10H,3-8H2,1-2H3,(H,13,15)(H,16,17). The fourth-order valence-electron chi connectivity index (χ4n) is 2.29. The number of carbonyl (C=O) groups excluding carboxylic acids is 1. The van der Waals surface area contributed by atoms with Crippen molar-refractivity contribution in [3.05, 3.63) is 0 Å². The van der Waals surface area contributed by atoms with Gasteiger partial charge in [-0.1, -0.05) is 6.92 Å². The molecule has 0 spiro atoms. The maximum Gasteiger partial charge on any atom is 0.326 e. The number of rotatable bonds is 5. The highest BCUT2D eigenvalue weighted by Gasteiger charge is 2.23. The van der Waals surface area contributed by atoms with Gasteiger partial charge in [0.2, 0.25) is 5.91 Å². The molecule has 5 nitrogen and oxygen atoms in total. The van der Waals surface area contributed by atoms with Crippen LogP contribution in [0, 0.1) is 5.92 Å². The summed E-state index contributed by atoms with van der Waals surface area (Å²) < 4.78 is 0. The van der Waals surface area contributed by atoms with Gasteiger partial charge in [0.15, 0.2) is 0 Å². The van der Waals surface area contributed by atoms with Crippen molar-refractivity contribution in [2.45, 2.75) is 38.6 Å². The Kier molecular flexibility index (Phi) is 5.41. The van der Waals surface area contributed by atoms with Crippen LogP contribution in [0.25, 0.3) is 0 Å². The zero-order valence-electron chi connectivity index (χ0n) is 10.6. The second-order valence-corrected chi connectivity index (χ2v) is 4.84. The topological polar surface area (TPSA) is 69.6 Å². The van der Waals surface area contributed by atoms with Gasteiger partial charge in [0.25, 0.3) is 0 Å². The molecule has 1 aliphatic heterocycles. The van der Waals surface area contributed by atoms with Crippen molar-refractivity contribution < 1.29 is 14.7 Å². The molecule has 2 unspecified atom stereocenters. The number of amides is 1. The third-order valence-corrected chi connectivity index (χ3v) is 3.24. The Labute approximate surface area is 102 Å². The first-order chi connectivity index (χ1) is 8.02. The molecule has 1 amide bonds. The molecule has 0 aliphatic carbocycles. The molecule has 1 rings (SSSR count). The lowest BCUT2D eigenvalue weighted by Crippen LogP contribution is -2.42. The van der Waals surface area contributed by atoms with Crippen LogP contribution in [0.15, 0.2) is 0 Å². The normalized spacial score (nSPS) is 23.1. The molecular weight excluding hydrogens is 220 g/mol. The van der Waals surface area contributed by atoms with Gasteiger partial charge in [-0.3, -0.25) is 4.79 Å². The number of aliphatic carboxylic acids is 1. The van der Waals surface area contributed by atoms with E-state index in [2.05, 4.69) is 17.3 Å². The summed E-state index contributed by atoms with van der Waals surface area (Å²) >= 11 is 0. The molecule has 5 heteroatoms. The van der Waals surface area contributed by atoms with E-state index in [4.69, 9.17) is 5.11 Å². The molecule has 0 aromatic heterocycles. The second kappa shape index (κ2) is 6.59. The van der Waals surface area contributed by atoms with Gasteiger partial charge in [-0.05, 0) is 38.8 Å². The maximum absolute atomic E-state index is 11.7. The molecule has 0 aromatic rings. The summed E-state index contributed by atoms with van der Waals surface area (Å²) in [6.45, 7) is 3.77. The van der Waals surface area contributed by atoms with Crippen LogP contribution in [-0.4, -0.2) is 48.1 Å². The van der Waals surface area contributed by atoms with Crippen LogP contribution in [0.1, 0.15) is 32.6 Å². The first-order valence-electron chi connectivity index (χ1n) is 6.23. The van der Waals surface area contributed by atoms with Gasteiger partial charge in [-0.15, -0.1) is 0 Å². The summed E-state index contributed by atoms with van der Waals surface area (Å²) in [5.74, 6) is -0.735. The number of carbonyl (C=O) groups is 2. The summed E-state index contributed by atoms with van der Waals surface area (Å²) in [5.41, 5.74) is 0. The summed E-state index contributed by atoms with van der Waals surface area (Å²) in [7, 11) is 2.05. The van der Waals surface area contributed by atoms with Crippen LogP contribution in [0.2, 0.25) is 0 Å². The van der Waals surface area contributed by atoms with Gasteiger partial charge < -0.3 is 15.3 Å². The summed E-state index contributed by atoms with van der Waals surface area (Å²) in [6.07, 6.45) is 3.03. The number of nitrogens with one attached hydrogen (secondary N) is 1. The molecule has 0 aromatic carbocycles. The van der Waals surface area contributed by atoms with Crippen LogP contribution in [0.5, 0.6) is 0 Å². The molecular formula is C12H22N2O3. The maximum atomic E-state index is 11.7. The van der Waals surface area contributed by atoms with Gasteiger partial charge in [-0.2, -0.15) is 0 Å². The molecule has 2 atom stereocenters. The minimum absolute atomic E-state index is 0.139. The fraction of sp³-hybridized carbons (Fsp3) is 0.833. The molecule has 98 valence electrons. The van der Waals surface area contributed by atoms with Gasteiger partial charge in [0, 0.05) is 13.0 Å². The Hall–Kier alpha value is -1.10. The molecule has 1 saturated heterocycles. The number of hydrogen-bond acceptors (Lipinski definition) is 3. The number of likely N-dealkylation sites (tertiary alicyclic amines) is 1. The lowest BCUT2D eigenvalue weighted by atomic mass is 9.94. The third kappa shape index (κ3) is 4.73. The number of nitrogens with zero attached hydrogens (tertiary/aromatic N) is 1.